The molecule has 1 aliphatic rings. The highest BCUT2D eigenvalue weighted by Gasteiger charge is 2.38. The van der Waals surface area contributed by atoms with Crippen LogP contribution in [0.3, 0.4) is 0 Å². The first kappa shape index (κ1) is 30.2. The molecule has 1 rings (SSSR count). The van der Waals surface area contributed by atoms with Crippen molar-refractivity contribution in [1.29, 1.82) is 0 Å². The van der Waals surface area contributed by atoms with E-state index in [4.69, 9.17) is 27.9 Å². The zero-order valence-electron chi connectivity index (χ0n) is 19.4. The maximum Gasteiger partial charge on any atom is 0.472 e. The molecule has 10 nitrogen and oxygen atoms in total. The van der Waals surface area contributed by atoms with E-state index < -0.39 is 34.0 Å². The Balaban J connectivity index is 2.15. The van der Waals surface area contributed by atoms with Gasteiger partial charge in [-0.15, -0.1) is 0 Å². The molecule has 0 saturated carbocycles. The van der Waals surface area contributed by atoms with Crippen LogP contribution >= 0.6 is 15.6 Å². The number of phosphoric ester groups is 2. The fourth-order valence-corrected chi connectivity index (χ4v) is 5.31. The molecular weight excluding hydrogens is 462 g/mol. The lowest BCUT2D eigenvalue weighted by Crippen LogP contribution is -2.28. The molecule has 1 saturated heterocycles. The number of hydrogen-bond donors (Lipinski definition) is 3. The van der Waals surface area contributed by atoms with Crippen LogP contribution in [0.15, 0.2) is 0 Å². The quantitative estimate of drug-likeness (QED) is 0.158. The van der Waals surface area contributed by atoms with Crippen LogP contribution < -0.4 is 0 Å². The smallest absolute Gasteiger partial charge is 0.396 e. The summed E-state index contributed by atoms with van der Waals surface area (Å²) in [4.78, 5) is 19.6. The summed E-state index contributed by atoms with van der Waals surface area (Å²) in [5.41, 5.74) is 0. The fraction of sp³-hybridized carbons (Fsp3) is 1.00. The van der Waals surface area contributed by atoms with Gasteiger partial charge in [0.1, 0.15) is 12.2 Å². The van der Waals surface area contributed by atoms with Gasteiger partial charge in [-0.05, 0) is 26.7 Å². The normalized spacial score (nSPS) is 22.8. The van der Waals surface area contributed by atoms with Crippen LogP contribution in [0.1, 0.15) is 84.5 Å². The Hall–Kier alpha value is 0.140. The van der Waals surface area contributed by atoms with Gasteiger partial charge in [0, 0.05) is 19.6 Å². The van der Waals surface area contributed by atoms with Crippen LogP contribution in [-0.4, -0.2) is 59.6 Å². The molecular formula is C20H42O10P2. The van der Waals surface area contributed by atoms with Crippen molar-refractivity contribution in [3.05, 3.63) is 0 Å². The molecule has 0 aromatic heterocycles. The summed E-state index contributed by atoms with van der Waals surface area (Å²) in [5.74, 6) is 0. The summed E-state index contributed by atoms with van der Waals surface area (Å²) < 4.78 is 49.4. The highest BCUT2D eigenvalue weighted by molar-refractivity contribution is 7.47. The number of unbranched alkanes of at least 4 members (excludes halogenated alkanes) is 9. The molecule has 0 aromatic rings. The van der Waals surface area contributed by atoms with Crippen LogP contribution in [0.4, 0.5) is 0 Å². The molecule has 1 heterocycles. The molecule has 192 valence electrons. The van der Waals surface area contributed by atoms with Gasteiger partial charge in [-0.2, -0.15) is 0 Å². The minimum atomic E-state index is -4.26. The highest BCUT2D eigenvalue weighted by Crippen LogP contribution is 2.48. The molecule has 0 bridgehead atoms. The Labute approximate surface area is 192 Å². The minimum absolute atomic E-state index is 0.123. The van der Waals surface area contributed by atoms with Crippen LogP contribution in [0.5, 0.6) is 0 Å². The van der Waals surface area contributed by atoms with Crippen molar-refractivity contribution in [3.63, 3.8) is 0 Å². The standard InChI is InChI=1S/C20H42O10P2/c1-18(2)29-32(24,25)28-17-20-19(13-16-26-20)30-31(22,23)27-15-12-10-8-6-4-3-5-7-9-11-14-21/h18-21H,3-17H2,1-2H3,(H,22,23)(H,24,25)/t19-,20+/m0/s1. The van der Waals surface area contributed by atoms with Crippen LogP contribution in [0.25, 0.3) is 0 Å². The molecule has 0 radical (unpaired) electrons. The summed E-state index contributed by atoms with van der Waals surface area (Å²) in [6.45, 7) is 3.59. The summed E-state index contributed by atoms with van der Waals surface area (Å²) >= 11 is 0. The number of hydrogen-bond acceptors (Lipinski definition) is 8. The van der Waals surface area contributed by atoms with Gasteiger partial charge in [-0.25, -0.2) is 9.13 Å². The Morgan fingerprint density at radius 3 is 2.00 bits per heavy atom. The molecule has 0 amide bonds. The van der Waals surface area contributed by atoms with Crippen molar-refractivity contribution in [2.75, 3.05) is 26.4 Å². The molecule has 0 spiro atoms. The van der Waals surface area contributed by atoms with E-state index in [9.17, 15) is 18.9 Å². The monoisotopic (exact) mass is 504 g/mol. The number of aliphatic hydroxyl groups is 1. The first-order chi connectivity index (χ1) is 15.2. The number of aliphatic hydroxyl groups excluding tert-OH is 1. The predicted molar refractivity (Wildman–Crippen MR) is 120 cm³/mol. The topological polar surface area (TPSA) is 141 Å². The molecule has 0 aromatic carbocycles. The van der Waals surface area contributed by atoms with Gasteiger partial charge in [0.05, 0.1) is 19.3 Å². The highest BCUT2D eigenvalue weighted by atomic mass is 31.2. The van der Waals surface area contributed by atoms with E-state index in [1.165, 1.54) is 25.7 Å². The third-order valence-corrected chi connectivity index (χ3v) is 7.18. The molecule has 3 N–H and O–H groups in total. The number of ether oxygens (including phenoxy) is 1. The Morgan fingerprint density at radius 1 is 0.875 bits per heavy atom. The third-order valence-electron chi connectivity index (χ3n) is 4.97. The second-order valence-corrected chi connectivity index (χ2v) is 11.1. The average molecular weight is 504 g/mol. The van der Waals surface area contributed by atoms with E-state index in [0.29, 0.717) is 12.8 Å². The SMILES string of the molecule is CC(C)OP(=O)(O)OC[C@H]1OCC[C@@H]1OP(=O)(O)OCCCCCCCCCCCCO. The Bertz CT molecular complexity index is 575. The molecule has 32 heavy (non-hydrogen) atoms. The van der Waals surface area contributed by atoms with E-state index >= 15 is 0 Å². The molecule has 1 fully saturated rings. The van der Waals surface area contributed by atoms with E-state index in [2.05, 4.69) is 0 Å². The minimum Gasteiger partial charge on any atom is -0.396 e. The summed E-state index contributed by atoms with van der Waals surface area (Å²) in [7, 11) is -8.49. The van der Waals surface area contributed by atoms with Gasteiger partial charge in [0.2, 0.25) is 0 Å². The fourth-order valence-electron chi connectivity index (χ4n) is 3.38. The van der Waals surface area contributed by atoms with E-state index in [-0.39, 0.29) is 26.4 Å². The number of phosphoric acid groups is 2. The molecule has 2 unspecified atom stereocenters. The zero-order valence-corrected chi connectivity index (χ0v) is 21.2. The van der Waals surface area contributed by atoms with Crippen LogP contribution in [-0.2, 0) is 32.0 Å². The zero-order chi connectivity index (χ0) is 23.9. The maximum atomic E-state index is 12.2. The first-order valence-electron chi connectivity index (χ1n) is 11.7. The molecule has 1 aliphatic heterocycles. The van der Waals surface area contributed by atoms with Crippen molar-refractivity contribution in [2.24, 2.45) is 0 Å². The van der Waals surface area contributed by atoms with Gasteiger partial charge in [-0.1, -0.05) is 51.4 Å². The van der Waals surface area contributed by atoms with E-state index in [1.54, 1.807) is 13.8 Å². The summed E-state index contributed by atoms with van der Waals surface area (Å²) in [5, 5.41) is 8.73. The van der Waals surface area contributed by atoms with Crippen LogP contribution in [0, 0.1) is 0 Å². The van der Waals surface area contributed by atoms with Crippen molar-refractivity contribution in [2.45, 2.75) is 103 Å². The van der Waals surface area contributed by atoms with Crippen LogP contribution in [0.2, 0.25) is 0 Å². The van der Waals surface area contributed by atoms with Crippen molar-refractivity contribution in [1.82, 2.24) is 0 Å². The lowest BCUT2D eigenvalue weighted by Gasteiger charge is -2.22. The Morgan fingerprint density at radius 2 is 1.44 bits per heavy atom. The Kier molecular flexibility index (Phi) is 15.8. The van der Waals surface area contributed by atoms with Crippen molar-refractivity contribution in [3.8, 4) is 0 Å². The van der Waals surface area contributed by atoms with E-state index in [1.807, 2.05) is 0 Å². The molecule has 12 heteroatoms. The van der Waals surface area contributed by atoms with Crippen molar-refractivity contribution < 1.29 is 46.9 Å². The summed E-state index contributed by atoms with van der Waals surface area (Å²) in [6, 6.07) is 0. The van der Waals surface area contributed by atoms with Gasteiger partial charge >= 0.3 is 15.6 Å². The van der Waals surface area contributed by atoms with Gasteiger partial charge < -0.3 is 19.6 Å². The second-order valence-electron chi connectivity index (χ2n) is 8.32. The van der Waals surface area contributed by atoms with Gasteiger partial charge in [0.25, 0.3) is 0 Å². The maximum absolute atomic E-state index is 12.2. The first-order valence-corrected chi connectivity index (χ1v) is 14.7. The van der Waals surface area contributed by atoms with Gasteiger partial charge in [0.15, 0.2) is 0 Å². The second kappa shape index (κ2) is 16.7. The van der Waals surface area contributed by atoms with Gasteiger partial charge in [-0.3, -0.25) is 18.1 Å². The lowest BCUT2D eigenvalue weighted by atomic mass is 10.1. The molecule has 4 atom stereocenters. The largest absolute Gasteiger partial charge is 0.472 e. The van der Waals surface area contributed by atoms with Crippen molar-refractivity contribution >= 4 is 15.6 Å². The lowest BCUT2D eigenvalue weighted by molar-refractivity contribution is -0.00521. The molecule has 0 aliphatic carbocycles. The predicted octanol–water partition coefficient (Wildman–Crippen LogP) is 4.71. The summed E-state index contributed by atoms with van der Waals surface area (Å²) in [6.07, 6.45) is 8.80. The number of rotatable bonds is 20. The third kappa shape index (κ3) is 15.1. The average Bonchev–Trinajstić information content (AvgIpc) is 3.12. The van der Waals surface area contributed by atoms with E-state index in [0.717, 1.165) is 32.1 Å².